The molecule has 0 spiro atoms. The van der Waals surface area contributed by atoms with Crippen LogP contribution in [0, 0.1) is 35.2 Å². The van der Waals surface area contributed by atoms with Crippen LogP contribution in [0.3, 0.4) is 0 Å². The Morgan fingerprint density at radius 3 is 2.31 bits per heavy atom. The molecule has 9 heteroatoms. The molecule has 1 aliphatic carbocycles. The van der Waals surface area contributed by atoms with E-state index in [2.05, 4.69) is 25.2 Å². The van der Waals surface area contributed by atoms with Gasteiger partial charge in [0.25, 0.3) is 0 Å². The van der Waals surface area contributed by atoms with Crippen LogP contribution in [0.2, 0.25) is 0 Å². The Balaban J connectivity index is 1.26. The first-order valence-electron chi connectivity index (χ1n) is 14.1. The van der Waals surface area contributed by atoms with Gasteiger partial charge in [-0.3, -0.25) is 14.6 Å². The standard InChI is InChI=1S/C30H39F3N4O2/c1-3-22-23(17-35-26(22)4-2)19-6-8-21(9-7-19)36-29(30(34)39)20-11-13-37(14-12-20)27(38)10-5-18-15-24(31)28(33)25(32)16-18/h3,5,10,15-16,19-21,23,29,36H,4,6-9,11-14,17H2,1-2H3,(H2,34,39)/b10-5?,22-3-. The number of carbonyl (C=O) groups is 2. The Kier molecular flexibility index (Phi) is 9.64. The van der Waals surface area contributed by atoms with E-state index in [-0.39, 0.29) is 29.3 Å². The molecule has 6 nitrogen and oxygen atoms in total. The molecular formula is C30H39F3N4O2. The van der Waals surface area contributed by atoms with Crippen LogP contribution >= 0.6 is 0 Å². The van der Waals surface area contributed by atoms with Crippen LogP contribution < -0.4 is 11.1 Å². The van der Waals surface area contributed by atoms with Gasteiger partial charge in [-0.25, -0.2) is 13.2 Å². The van der Waals surface area contributed by atoms with Crippen LogP contribution in [0.25, 0.3) is 6.08 Å². The van der Waals surface area contributed by atoms with E-state index >= 15 is 0 Å². The quantitative estimate of drug-likeness (QED) is 0.365. The second-order valence-electron chi connectivity index (χ2n) is 10.9. The fourth-order valence-electron chi connectivity index (χ4n) is 6.50. The van der Waals surface area contributed by atoms with Gasteiger partial charge in [-0.1, -0.05) is 13.0 Å². The second-order valence-corrected chi connectivity index (χ2v) is 10.9. The number of rotatable bonds is 8. The highest BCUT2D eigenvalue weighted by molar-refractivity contribution is 6.02. The summed E-state index contributed by atoms with van der Waals surface area (Å²) in [5.74, 6) is -3.67. The number of nitrogens with two attached hydrogens (primary N) is 1. The van der Waals surface area contributed by atoms with Crippen molar-refractivity contribution in [3.05, 3.63) is 52.9 Å². The van der Waals surface area contributed by atoms with E-state index in [0.717, 1.165) is 50.8 Å². The van der Waals surface area contributed by atoms with E-state index < -0.39 is 23.5 Å². The number of primary amides is 1. The average molecular weight is 545 g/mol. The zero-order valence-electron chi connectivity index (χ0n) is 22.8. The molecule has 1 aromatic rings. The Morgan fingerprint density at radius 1 is 1.10 bits per heavy atom. The molecule has 3 N–H and O–H groups in total. The van der Waals surface area contributed by atoms with Crippen molar-refractivity contribution in [1.29, 1.82) is 0 Å². The fourth-order valence-corrected chi connectivity index (χ4v) is 6.50. The van der Waals surface area contributed by atoms with Crippen molar-refractivity contribution in [2.45, 2.75) is 70.9 Å². The van der Waals surface area contributed by atoms with E-state index in [9.17, 15) is 22.8 Å². The maximum absolute atomic E-state index is 13.4. The third kappa shape index (κ3) is 6.80. The number of piperidine rings is 1. The molecule has 2 fully saturated rings. The van der Waals surface area contributed by atoms with Crippen molar-refractivity contribution in [2.24, 2.45) is 28.5 Å². The lowest BCUT2D eigenvalue weighted by atomic mass is 9.74. The predicted octanol–water partition coefficient (Wildman–Crippen LogP) is 4.79. The molecule has 39 heavy (non-hydrogen) atoms. The average Bonchev–Trinajstić information content (AvgIpc) is 3.36. The van der Waals surface area contributed by atoms with Crippen molar-refractivity contribution in [1.82, 2.24) is 10.2 Å². The van der Waals surface area contributed by atoms with Crippen LogP contribution in [-0.2, 0) is 9.59 Å². The minimum absolute atomic E-state index is 0.0264. The normalized spacial score (nSPS) is 26.3. The van der Waals surface area contributed by atoms with Gasteiger partial charge >= 0.3 is 0 Å². The van der Waals surface area contributed by atoms with E-state index in [4.69, 9.17) is 10.7 Å². The number of nitrogens with one attached hydrogen (secondary N) is 1. The number of hydrogen-bond acceptors (Lipinski definition) is 4. The summed E-state index contributed by atoms with van der Waals surface area (Å²) in [5.41, 5.74) is 8.54. The van der Waals surface area contributed by atoms with Crippen LogP contribution in [-0.4, -0.2) is 54.1 Å². The van der Waals surface area contributed by atoms with Crippen LogP contribution in [0.15, 0.2) is 34.9 Å². The summed E-state index contributed by atoms with van der Waals surface area (Å²) in [5, 5.41) is 3.55. The van der Waals surface area contributed by atoms with Crippen molar-refractivity contribution >= 4 is 23.6 Å². The maximum Gasteiger partial charge on any atom is 0.246 e. The Bertz CT molecular complexity index is 1130. The number of nitrogens with zero attached hydrogens (tertiary/aromatic N) is 2. The number of likely N-dealkylation sites (tertiary alicyclic amines) is 1. The van der Waals surface area contributed by atoms with Crippen molar-refractivity contribution < 1.29 is 22.8 Å². The fraction of sp³-hybridized carbons (Fsp3) is 0.567. The van der Waals surface area contributed by atoms with Crippen LogP contribution in [0.5, 0.6) is 0 Å². The Labute approximate surface area is 228 Å². The molecule has 2 aliphatic heterocycles. The minimum atomic E-state index is -1.54. The molecule has 1 saturated carbocycles. The van der Waals surface area contributed by atoms with Crippen LogP contribution in [0.1, 0.15) is 64.4 Å². The van der Waals surface area contributed by atoms with E-state index in [1.54, 1.807) is 4.90 Å². The van der Waals surface area contributed by atoms with Gasteiger partial charge in [0.15, 0.2) is 17.5 Å². The van der Waals surface area contributed by atoms with Crippen LogP contribution in [0.4, 0.5) is 13.2 Å². The topological polar surface area (TPSA) is 87.8 Å². The van der Waals surface area contributed by atoms with Gasteiger partial charge in [0.1, 0.15) is 0 Å². The number of aliphatic imine (C=N–C) groups is 1. The molecule has 2 amide bonds. The molecule has 2 atom stereocenters. The second kappa shape index (κ2) is 12.9. The van der Waals surface area contributed by atoms with E-state index in [1.807, 2.05) is 0 Å². The first-order chi connectivity index (χ1) is 18.7. The summed E-state index contributed by atoms with van der Waals surface area (Å²) in [4.78, 5) is 31.4. The Morgan fingerprint density at radius 2 is 1.74 bits per heavy atom. The summed E-state index contributed by atoms with van der Waals surface area (Å²) >= 11 is 0. The number of benzene rings is 1. The van der Waals surface area contributed by atoms with Crippen molar-refractivity contribution in [2.75, 3.05) is 19.6 Å². The zero-order valence-corrected chi connectivity index (χ0v) is 22.8. The molecule has 2 heterocycles. The first kappa shape index (κ1) is 29.1. The van der Waals surface area contributed by atoms with Gasteiger partial charge in [-0.05, 0) is 93.1 Å². The molecular weight excluding hydrogens is 505 g/mol. The minimum Gasteiger partial charge on any atom is -0.368 e. The number of halogens is 3. The Hall–Kier alpha value is -2.94. The van der Waals surface area contributed by atoms with Crippen molar-refractivity contribution in [3.8, 4) is 0 Å². The molecule has 0 radical (unpaired) electrons. The largest absolute Gasteiger partial charge is 0.368 e. The highest BCUT2D eigenvalue weighted by Gasteiger charge is 2.36. The lowest BCUT2D eigenvalue weighted by Crippen LogP contribution is -2.54. The van der Waals surface area contributed by atoms with Gasteiger partial charge in [0.2, 0.25) is 11.8 Å². The summed E-state index contributed by atoms with van der Waals surface area (Å²) in [7, 11) is 0. The molecule has 2 unspecified atom stereocenters. The summed E-state index contributed by atoms with van der Waals surface area (Å²) < 4.78 is 40.0. The number of carbonyl (C=O) groups excluding carboxylic acids is 2. The molecule has 4 rings (SSSR count). The van der Waals surface area contributed by atoms with Crippen molar-refractivity contribution in [3.63, 3.8) is 0 Å². The van der Waals surface area contributed by atoms with E-state index in [1.165, 1.54) is 23.4 Å². The van der Waals surface area contributed by atoms with Gasteiger partial charge in [-0.15, -0.1) is 0 Å². The number of allylic oxidation sites excluding steroid dienone is 1. The molecule has 1 aromatic carbocycles. The van der Waals surface area contributed by atoms with E-state index in [0.29, 0.717) is 37.8 Å². The number of hydrogen-bond donors (Lipinski definition) is 2. The van der Waals surface area contributed by atoms with Gasteiger partial charge < -0.3 is 16.0 Å². The lowest BCUT2D eigenvalue weighted by Gasteiger charge is -2.38. The molecule has 1 saturated heterocycles. The molecule has 212 valence electrons. The monoisotopic (exact) mass is 544 g/mol. The van der Waals surface area contributed by atoms with Gasteiger partial charge in [0.05, 0.1) is 6.04 Å². The summed E-state index contributed by atoms with van der Waals surface area (Å²) in [6.45, 7) is 6.05. The first-order valence-corrected chi connectivity index (χ1v) is 14.1. The summed E-state index contributed by atoms with van der Waals surface area (Å²) in [6.07, 6.45) is 11.1. The smallest absolute Gasteiger partial charge is 0.246 e. The summed E-state index contributed by atoms with van der Waals surface area (Å²) in [6, 6.07) is 1.47. The third-order valence-corrected chi connectivity index (χ3v) is 8.67. The SMILES string of the molecule is C/C=C1\C(CC)=NCC1C1CCC(NC(C(N)=O)C2CCN(C(=O)C=Cc3cc(F)c(F)c(F)c3)CC2)CC1. The highest BCUT2D eigenvalue weighted by atomic mass is 19.2. The maximum atomic E-state index is 13.4. The van der Waals surface area contributed by atoms with Gasteiger partial charge in [-0.2, -0.15) is 0 Å². The molecule has 0 aromatic heterocycles. The highest BCUT2D eigenvalue weighted by Crippen LogP contribution is 2.38. The van der Waals surface area contributed by atoms with Gasteiger partial charge in [0, 0.05) is 43.4 Å². The number of amides is 2. The molecule has 0 bridgehead atoms. The third-order valence-electron chi connectivity index (χ3n) is 8.67. The zero-order chi connectivity index (χ0) is 28.1. The molecule has 3 aliphatic rings. The lowest BCUT2D eigenvalue weighted by molar-refractivity contribution is -0.128. The predicted molar refractivity (Wildman–Crippen MR) is 146 cm³/mol.